The summed E-state index contributed by atoms with van der Waals surface area (Å²) in [5, 5.41) is 12.2. The number of hydrogen-bond donors (Lipinski definition) is 2. The minimum atomic E-state index is -0.589. The molecule has 0 aliphatic rings. The number of aromatic hydroxyl groups is 1. The number of phenolic OH excluding ortho intramolecular Hbond substituents is 1. The molecular formula is C15H15FN2O2. The van der Waals surface area contributed by atoms with Crippen molar-refractivity contribution in [3.8, 4) is 5.75 Å². The number of rotatable bonds is 3. The standard InChI is InChI=1S/C15H15FN2O2/c1-18(2)12-6-4-11(5-7-12)17-15(20)13-8-3-10(16)9-14(13)19/h3-9,19H,1-2H3,(H,17,20). The molecule has 104 valence electrons. The highest BCUT2D eigenvalue weighted by atomic mass is 19.1. The maximum atomic E-state index is 12.9. The minimum Gasteiger partial charge on any atom is -0.507 e. The highest BCUT2D eigenvalue weighted by Gasteiger charge is 2.12. The quantitative estimate of drug-likeness (QED) is 0.905. The average Bonchev–Trinajstić information content (AvgIpc) is 2.39. The van der Waals surface area contributed by atoms with Crippen LogP contribution in [0.15, 0.2) is 42.5 Å². The highest BCUT2D eigenvalue weighted by molar-refractivity contribution is 6.06. The first-order valence-corrected chi connectivity index (χ1v) is 6.04. The number of amides is 1. The van der Waals surface area contributed by atoms with Crippen LogP contribution in [0.25, 0.3) is 0 Å². The summed E-state index contributed by atoms with van der Waals surface area (Å²) in [6.07, 6.45) is 0. The molecule has 5 heteroatoms. The van der Waals surface area contributed by atoms with Gasteiger partial charge in [0.2, 0.25) is 0 Å². The predicted octanol–water partition coefficient (Wildman–Crippen LogP) is 2.85. The van der Waals surface area contributed by atoms with Crippen LogP contribution in [-0.2, 0) is 0 Å². The molecule has 0 atom stereocenters. The summed E-state index contributed by atoms with van der Waals surface area (Å²) in [7, 11) is 3.84. The second-order valence-electron chi connectivity index (χ2n) is 4.56. The number of nitrogens with one attached hydrogen (secondary N) is 1. The summed E-state index contributed by atoms with van der Waals surface area (Å²) >= 11 is 0. The van der Waals surface area contributed by atoms with Crippen LogP contribution in [0, 0.1) is 5.82 Å². The van der Waals surface area contributed by atoms with Crippen LogP contribution in [0.2, 0.25) is 0 Å². The van der Waals surface area contributed by atoms with Gasteiger partial charge in [-0.15, -0.1) is 0 Å². The van der Waals surface area contributed by atoms with Crippen molar-refractivity contribution in [3.05, 3.63) is 53.8 Å². The lowest BCUT2D eigenvalue weighted by Gasteiger charge is -2.13. The van der Waals surface area contributed by atoms with E-state index < -0.39 is 11.7 Å². The van der Waals surface area contributed by atoms with Crippen LogP contribution in [0.3, 0.4) is 0 Å². The number of anilines is 2. The van der Waals surface area contributed by atoms with E-state index in [0.29, 0.717) is 5.69 Å². The van der Waals surface area contributed by atoms with Gasteiger partial charge in [-0.1, -0.05) is 0 Å². The molecule has 0 aliphatic carbocycles. The Bertz CT molecular complexity index is 624. The Labute approximate surface area is 116 Å². The lowest BCUT2D eigenvalue weighted by atomic mass is 10.1. The van der Waals surface area contributed by atoms with Crippen LogP contribution >= 0.6 is 0 Å². The maximum Gasteiger partial charge on any atom is 0.259 e. The van der Waals surface area contributed by atoms with Crippen molar-refractivity contribution in [1.82, 2.24) is 0 Å². The van der Waals surface area contributed by atoms with Crippen molar-refractivity contribution in [2.45, 2.75) is 0 Å². The molecule has 2 rings (SSSR count). The average molecular weight is 274 g/mol. The Kier molecular flexibility index (Phi) is 3.89. The van der Waals surface area contributed by atoms with Gasteiger partial charge in [-0.3, -0.25) is 4.79 Å². The lowest BCUT2D eigenvalue weighted by Crippen LogP contribution is -2.13. The molecule has 2 aromatic rings. The summed E-state index contributed by atoms with van der Waals surface area (Å²) in [4.78, 5) is 13.9. The largest absolute Gasteiger partial charge is 0.507 e. The van der Waals surface area contributed by atoms with Crippen molar-refractivity contribution in [2.75, 3.05) is 24.3 Å². The number of nitrogens with zero attached hydrogens (tertiary/aromatic N) is 1. The first kappa shape index (κ1) is 13.9. The van der Waals surface area contributed by atoms with Gasteiger partial charge >= 0.3 is 0 Å². The molecular weight excluding hydrogens is 259 g/mol. The van der Waals surface area contributed by atoms with E-state index in [-0.39, 0.29) is 11.3 Å². The number of phenols is 1. The van der Waals surface area contributed by atoms with Gasteiger partial charge in [-0.2, -0.15) is 0 Å². The molecule has 20 heavy (non-hydrogen) atoms. The third kappa shape index (κ3) is 3.06. The van der Waals surface area contributed by atoms with Crippen molar-refractivity contribution in [1.29, 1.82) is 0 Å². The van der Waals surface area contributed by atoms with E-state index in [1.165, 1.54) is 6.07 Å². The molecule has 0 fully saturated rings. The summed E-state index contributed by atoms with van der Waals surface area (Å²) in [5.41, 5.74) is 1.64. The maximum absolute atomic E-state index is 12.9. The van der Waals surface area contributed by atoms with Crippen LogP contribution in [-0.4, -0.2) is 25.1 Å². The number of halogens is 1. The zero-order chi connectivity index (χ0) is 14.7. The Morgan fingerprint density at radius 3 is 2.35 bits per heavy atom. The van der Waals surface area contributed by atoms with Gasteiger partial charge in [-0.05, 0) is 36.4 Å². The summed E-state index contributed by atoms with van der Waals surface area (Å²) in [6, 6.07) is 10.5. The van der Waals surface area contributed by atoms with Crippen LogP contribution in [0.1, 0.15) is 10.4 Å². The zero-order valence-electron chi connectivity index (χ0n) is 11.2. The Morgan fingerprint density at radius 1 is 1.15 bits per heavy atom. The van der Waals surface area contributed by atoms with E-state index in [1.54, 1.807) is 12.1 Å². The van der Waals surface area contributed by atoms with Crippen molar-refractivity contribution in [2.24, 2.45) is 0 Å². The predicted molar refractivity (Wildman–Crippen MR) is 76.8 cm³/mol. The minimum absolute atomic E-state index is 0.0306. The third-order valence-corrected chi connectivity index (χ3v) is 2.85. The van der Waals surface area contributed by atoms with Gasteiger partial charge in [0.1, 0.15) is 11.6 Å². The monoisotopic (exact) mass is 274 g/mol. The molecule has 0 radical (unpaired) electrons. The number of carbonyl (C=O) groups excluding carboxylic acids is 1. The van der Waals surface area contributed by atoms with Crippen molar-refractivity contribution in [3.63, 3.8) is 0 Å². The normalized spacial score (nSPS) is 10.2. The molecule has 0 unspecified atom stereocenters. The Balaban J connectivity index is 2.15. The molecule has 0 bridgehead atoms. The van der Waals surface area contributed by atoms with Crippen LogP contribution < -0.4 is 10.2 Å². The van der Waals surface area contributed by atoms with Crippen molar-refractivity contribution >= 4 is 17.3 Å². The summed E-state index contributed by atoms with van der Waals surface area (Å²) < 4.78 is 12.9. The first-order chi connectivity index (χ1) is 9.47. The number of hydrogen-bond acceptors (Lipinski definition) is 3. The first-order valence-electron chi connectivity index (χ1n) is 6.04. The molecule has 4 nitrogen and oxygen atoms in total. The van der Waals surface area contributed by atoms with Gasteiger partial charge in [0.05, 0.1) is 5.56 Å². The van der Waals surface area contributed by atoms with Crippen LogP contribution in [0.4, 0.5) is 15.8 Å². The van der Waals surface area contributed by atoms with Gasteiger partial charge in [0, 0.05) is 31.5 Å². The Hall–Kier alpha value is -2.56. The molecule has 2 aromatic carbocycles. The number of carbonyl (C=O) groups is 1. The molecule has 2 N–H and O–H groups in total. The van der Waals surface area contributed by atoms with Gasteiger partial charge in [0.15, 0.2) is 0 Å². The Morgan fingerprint density at radius 2 is 1.80 bits per heavy atom. The van der Waals surface area contributed by atoms with E-state index in [9.17, 15) is 14.3 Å². The van der Waals surface area contributed by atoms with Gasteiger partial charge < -0.3 is 15.3 Å². The van der Waals surface area contributed by atoms with E-state index in [4.69, 9.17) is 0 Å². The van der Waals surface area contributed by atoms with E-state index in [1.807, 2.05) is 31.1 Å². The van der Waals surface area contributed by atoms with E-state index in [2.05, 4.69) is 5.32 Å². The van der Waals surface area contributed by atoms with Gasteiger partial charge in [-0.25, -0.2) is 4.39 Å². The lowest BCUT2D eigenvalue weighted by molar-refractivity contribution is 0.102. The smallest absolute Gasteiger partial charge is 0.259 e. The molecule has 0 saturated heterocycles. The molecule has 0 spiro atoms. The molecule has 0 aromatic heterocycles. The molecule has 0 saturated carbocycles. The summed E-state index contributed by atoms with van der Waals surface area (Å²) in [6.45, 7) is 0. The topological polar surface area (TPSA) is 52.6 Å². The molecule has 0 aliphatic heterocycles. The molecule has 0 heterocycles. The van der Waals surface area contributed by atoms with Crippen molar-refractivity contribution < 1.29 is 14.3 Å². The fourth-order valence-electron chi connectivity index (χ4n) is 1.74. The van der Waals surface area contributed by atoms with E-state index in [0.717, 1.165) is 17.8 Å². The fourth-order valence-corrected chi connectivity index (χ4v) is 1.74. The van der Waals surface area contributed by atoms with Gasteiger partial charge in [0.25, 0.3) is 5.91 Å². The van der Waals surface area contributed by atoms with E-state index >= 15 is 0 Å². The fraction of sp³-hybridized carbons (Fsp3) is 0.133. The third-order valence-electron chi connectivity index (χ3n) is 2.85. The number of benzene rings is 2. The highest BCUT2D eigenvalue weighted by Crippen LogP contribution is 2.21. The second kappa shape index (κ2) is 5.61. The molecule has 1 amide bonds. The van der Waals surface area contributed by atoms with Crippen LogP contribution in [0.5, 0.6) is 5.75 Å². The summed E-state index contributed by atoms with van der Waals surface area (Å²) in [5.74, 6) is -1.46. The zero-order valence-corrected chi connectivity index (χ0v) is 11.2. The SMILES string of the molecule is CN(C)c1ccc(NC(=O)c2ccc(F)cc2O)cc1. The second-order valence-corrected chi connectivity index (χ2v) is 4.56.